The molecule has 150 valence electrons. The molecule has 0 radical (unpaired) electrons. The zero-order valence-corrected chi connectivity index (χ0v) is 16.6. The summed E-state index contributed by atoms with van der Waals surface area (Å²) >= 11 is 0. The molecule has 3 aromatic rings. The predicted molar refractivity (Wildman–Crippen MR) is 114 cm³/mol. The maximum absolute atomic E-state index is 6.82. The van der Waals surface area contributed by atoms with Gasteiger partial charge < -0.3 is 21.1 Å². The first kappa shape index (κ1) is 18.3. The molecule has 1 fully saturated rings. The molecular weight excluding hydrogens is 364 g/mol. The van der Waals surface area contributed by atoms with E-state index in [2.05, 4.69) is 38.1 Å². The molecule has 7 heteroatoms. The molecule has 0 saturated heterocycles. The number of hydrogen-bond donors (Lipinski definition) is 2. The van der Waals surface area contributed by atoms with E-state index in [9.17, 15) is 0 Å². The Bertz CT molecular complexity index is 1060. The van der Waals surface area contributed by atoms with Gasteiger partial charge in [-0.05, 0) is 49.4 Å². The van der Waals surface area contributed by atoms with Crippen molar-refractivity contribution in [1.82, 2.24) is 15.0 Å². The van der Waals surface area contributed by atoms with E-state index in [1.807, 2.05) is 19.3 Å². The lowest BCUT2D eigenvalue weighted by Crippen LogP contribution is -2.44. The third-order valence-corrected chi connectivity index (χ3v) is 6.24. The molecule has 1 aliphatic carbocycles. The highest BCUT2D eigenvalue weighted by molar-refractivity contribution is 5.87. The Labute approximate surface area is 170 Å². The zero-order chi connectivity index (χ0) is 20.0. The lowest BCUT2D eigenvalue weighted by atomic mass is 9.77. The predicted octanol–water partition coefficient (Wildman–Crippen LogP) is 2.58. The quantitative estimate of drug-likeness (QED) is 0.693. The molecule has 0 unspecified atom stereocenters. The van der Waals surface area contributed by atoms with Crippen molar-refractivity contribution in [3.8, 4) is 16.9 Å². The lowest BCUT2D eigenvalue weighted by Gasteiger charge is -2.36. The van der Waals surface area contributed by atoms with Crippen molar-refractivity contribution < 1.29 is 4.74 Å². The highest BCUT2D eigenvalue weighted by Crippen LogP contribution is 2.38. The molecule has 1 aromatic carbocycles. The number of rotatable bonds is 2. The van der Waals surface area contributed by atoms with Crippen LogP contribution in [-0.2, 0) is 5.54 Å². The van der Waals surface area contributed by atoms with Crippen LogP contribution in [0, 0.1) is 0 Å². The van der Waals surface area contributed by atoms with Gasteiger partial charge in [0, 0.05) is 30.2 Å². The van der Waals surface area contributed by atoms with Crippen LogP contribution >= 0.6 is 0 Å². The second kappa shape index (κ2) is 6.93. The van der Waals surface area contributed by atoms with Gasteiger partial charge in [-0.2, -0.15) is 0 Å². The van der Waals surface area contributed by atoms with Crippen LogP contribution in [0.5, 0.6) is 5.75 Å². The van der Waals surface area contributed by atoms with E-state index in [0.29, 0.717) is 6.61 Å². The topological polar surface area (TPSA) is 103 Å². The van der Waals surface area contributed by atoms with Crippen molar-refractivity contribution in [2.75, 3.05) is 25.1 Å². The SMILES string of the molecule is CN1CCOc2cc(-c3ccc4ncnc(C5(N)CCC(N)CC5)c4c3)cnc21. The Hall–Kier alpha value is -2.77. The maximum atomic E-state index is 6.82. The molecule has 4 N–H and O–H groups in total. The fourth-order valence-electron chi connectivity index (χ4n) is 4.41. The van der Waals surface area contributed by atoms with Gasteiger partial charge in [0.05, 0.1) is 23.3 Å². The first-order valence-corrected chi connectivity index (χ1v) is 10.2. The summed E-state index contributed by atoms with van der Waals surface area (Å²) in [5.41, 5.74) is 16.3. The van der Waals surface area contributed by atoms with Crippen LogP contribution < -0.4 is 21.1 Å². The molecule has 2 aliphatic rings. The largest absolute Gasteiger partial charge is 0.488 e. The summed E-state index contributed by atoms with van der Waals surface area (Å²) in [6, 6.07) is 8.51. The number of hydrogen-bond acceptors (Lipinski definition) is 7. The van der Waals surface area contributed by atoms with E-state index in [0.717, 1.165) is 71.5 Å². The highest BCUT2D eigenvalue weighted by Gasteiger charge is 2.35. The van der Waals surface area contributed by atoms with Crippen LogP contribution in [0.1, 0.15) is 31.4 Å². The van der Waals surface area contributed by atoms with Gasteiger partial charge in [-0.15, -0.1) is 0 Å². The van der Waals surface area contributed by atoms with E-state index < -0.39 is 5.54 Å². The number of benzene rings is 1. The third kappa shape index (κ3) is 3.20. The van der Waals surface area contributed by atoms with Gasteiger partial charge >= 0.3 is 0 Å². The number of aromatic nitrogens is 3. The van der Waals surface area contributed by atoms with Gasteiger partial charge in [-0.1, -0.05) is 6.07 Å². The average Bonchev–Trinajstić information content (AvgIpc) is 2.75. The van der Waals surface area contributed by atoms with Gasteiger partial charge in [0.2, 0.25) is 0 Å². The Morgan fingerprint density at radius 1 is 1.10 bits per heavy atom. The number of ether oxygens (including phenoxy) is 1. The molecule has 29 heavy (non-hydrogen) atoms. The minimum atomic E-state index is -0.463. The second-order valence-corrected chi connectivity index (χ2v) is 8.26. The monoisotopic (exact) mass is 390 g/mol. The van der Waals surface area contributed by atoms with E-state index >= 15 is 0 Å². The first-order chi connectivity index (χ1) is 14.0. The molecule has 0 bridgehead atoms. The Kier molecular flexibility index (Phi) is 4.37. The normalized spacial score (nSPS) is 24.2. The molecule has 7 nitrogen and oxygen atoms in total. The van der Waals surface area contributed by atoms with Crippen LogP contribution in [0.25, 0.3) is 22.0 Å². The minimum Gasteiger partial charge on any atom is -0.488 e. The summed E-state index contributed by atoms with van der Waals surface area (Å²) in [5.74, 6) is 1.70. The minimum absolute atomic E-state index is 0.232. The molecule has 0 atom stereocenters. The molecular formula is C22H26N6O. The van der Waals surface area contributed by atoms with Crippen molar-refractivity contribution >= 4 is 16.7 Å². The molecule has 5 rings (SSSR count). The van der Waals surface area contributed by atoms with Gasteiger partial charge in [0.15, 0.2) is 11.6 Å². The smallest absolute Gasteiger partial charge is 0.171 e. The maximum Gasteiger partial charge on any atom is 0.171 e. The third-order valence-electron chi connectivity index (χ3n) is 6.24. The fraction of sp³-hybridized carbons (Fsp3) is 0.409. The van der Waals surface area contributed by atoms with Crippen LogP contribution in [-0.4, -0.2) is 41.2 Å². The summed E-state index contributed by atoms with van der Waals surface area (Å²) in [5, 5.41) is 0.999. The highest BCUT2D eigenvalue weighted by atomic mass is 16.5. The van der Waals surface area contributed by atoms with Crippen LogP contribution in [0.15, 0.2) is 36.8 Å². The lowest BCUT2D eigenvalue weighted by molar-refractivity contribution is 0.273. The number of pyridine rings is 1. The molecule has 0 amide bonds. The fourth-order valence-corrected chi connectivity index (χ4v) is 4.41. The van der Waals surface area contributed by atoms with E-state index in [1.54, 1.807) is 6.33 Å². The van der Waals surface area contributed by atoms with Crippen molar-refractivity contribution in [3.05, 3.63) is 42.5 Å². The van der Waals surface area contributed by atoms with Gasteiger partial charge in [-0.3, -0.25) is 0 Å². The van der Waals surface area contributed by atoms with Gasteiger partial charge in [0.1, 0.15) is 12.9 Å². The molecule has 1 aliphatic heterocycles. The summed E-state index contributed by atoms with van der Waals surface area (Å²) < 4.78 is 5.83. The van der Waals surface area contributed by atoms with Crippen molar-refractivity contribution in [2.24, 2.45) is 11.5 Å². The summed E-state index contributed by atoms with van der Waals surface area (Å²) in [6.07, 6.45) is 7.02. The van der Waals surface area contributed by atoms with Gasteiger partial charge in [-0.25, -0.2) is 15.0 Å². The molecule has 3 heterocycles. The summed E-state index contributed by atoms with van der Waals surface area (Å²) in [6.45, 7) is 1.51. The molecule has 0 spiro atoms. The van der Waals surface area contributed by atoms with Crippen molar-refractivity contribution in [2.45, 2.75) is 37.3 Å². The van der Waals surface area contributed by atoms with Crippen molar-refractivity contribution in [3.63, 3.8) is 0 Å². The van der Waals surface area contributed by atoms with Gasteiger partial charge in [0.25, 0.3) is 0 Å². The summed E-state index contributed by atoms with van der Waals surface area (Å²) in [4.78, 5) is 15.8. The average molecular weight is 390 g/mol. The van der Waals surface area contributed by atoms with Crippen LogP contribution in [0.4, 0.5) is 5.82 Å². The molecule has 1 saturated carbocycles. The number of likely N-dealkylation sites (N-methyl/N-ethyl adjacent to an activating group) is 1. The molecule has 2 aromatic heterocycles. The van der Waals surface area contributed by atoms with E-state index in [4.69, 9.17) is 16.2 Å². The first-order valence-electron chi connectivity index (χ1n) is 10.2. The Morgan fingerprint density at radius 2 is 1.93 bits per heavy atom. The standard InChI is InChI=1S/C22H26N6O/c1-28-8-9-29-19-11-15(12-25-21(19)28)14-2-3-18-17(10-14)20(27-13-26-18)22(24)6-4-16(23)5-7-22/h2-3,10-13,16H,4-9,23-24H2,1H3. The second-order valence-electron chi connectivity index (χ2n) is 8.26. The number of nitrogens with zero attached hydrogens (tertiary/aromatic N) is 4. The number of anilines is 1. The number of fused-ring (bicyclic) bond motifs is 2. The van der Waals surface area contributed by atoms with Crippen molar-refractivity contribution in [1.29, 1.82) is 0 Å². The van der Waals surface area contributed by atoms with E-state index in [1.165, 1.54) is 0 Å². The Morgan fingerprint density at radius 3 is 2.76 bits per heavy atom. The summed E-state index contributed by atoms with van der Waals surface area (Å²) in [7, 11) is 2.03. The zero-order valence-electron chi connectivity index (χ0n) is 16.6. The van der Waals surface area contributed by atoms with Crippen LogP contribution in [0.2, 0.25) is 0 Å². The number of nitrogens with two attached hydrogens (primary N) is 2. The van der Waals surface area contributed by atoms with E-state index in [-0.39, 0.29) is 6.04 Å². The van der Waals surface area contributed by atoms with Crippen LogP contribution in [0.3, 0.4) is 0 Å². The Balaban J connectivity index is 1.59.